The maximum Gasteiger partial charge on any atom is 0.251 e. The summed E-state index contributed by atoms with van der Waals surface area (Å²) in [5, 5.41) is 6.40. The minimum absolute atomic E-state index is 0. The summed E-state index contributed by atoms with van der Waals surface area (Å²) in [5.74, 6) is 0.540. The molecule has 0 saturated carbocycles. The van der Waals surface area contributed by atoms with E-state index in [9.17, 15) is 4.79 Å². The standard InChI is InChI=1S/C22H22N4OS.ClH/c1-14-2-4-16(5-3-14)18-13-26-19-7-6-17(10-20(19)28-22(26)25-18)21(27)24-12-15-8-9-23-11-15;/h2-7,10,13,15,23H,8-9,11-12H2,1H3,(H,24,27);1H. The van der Waals surface area contributed by atoms with Gasteiger partial charge in [-0.2, -0.15) is 0 Å². The fourth-order valence-electron chi connectivity index (χ4n) is 3.73. The Kier molecular flexibility index (Phi) is 5.58. The van der Waals surface area contributed by atoms with Crippen molar-refractivity contribution < 1.29 is 4.79 Å². The van der Waals surface area contributed by atoms with E-state index in [1.165, 1.54) is 5.56 Å². The third kappa shape index (κ3) is 3.88. The lowest BCUT2D eigenvalue weighted by molar-refractivity contribution is 0.0948. The predicted molar refractivity (Wildman–Crippen MR) is 121 cm³/mol. The third-order valence-corrected chi connectivity index (χ3v) is 6.43. The molecule has 1 fully saturated rings. The second kappa shape index (κ2) is 8.14. The van der Waals surface area contributed by atoms with E-state index in [1.807, 2.05) is 18.2 Å². The van der Waals surface area contributed by atoms with Gasteiger partial charge in [0.2, 0.25) is 0 Å². The number of hydrogen-bond donors (Lipinski definition) is 2. The van der Waals surface area contributed by atoms with Crippen molar-refractivity contribution in [3.63, 3.8) is 0 Å². The van der Waals surface area contributed by atoms with E-state index >= 15 is 0 Å². The van der Waals surface area contributed by atoms with Gasteiger partial charge in [0.25, 0.3) is 5.91 Å². The van der Waals surface area contributed by atoms with E-state index in [1.54, 1.807) is 11.3 Å². The van der Waals surface area contributed by atoms with Crippen molar-refractivity contribution in [2.75, 3.05) is 19.6 Å². The molecule has 0 aliphatic carbocycles. The lowest BCUT2D eigenvalue weighted by Gasteiger charge is -2.10. The smallest absolute Gasteiger partial charge is 0.251 e. The molecule has 4 aromatic rings. The highest BCUT2D eigenvalue weighted by atomic mass is 35.5. The van der Waals surface area contributed by atoms with E-state index in [2.05, 4.69) is 52.4 Å². The zero-order valence-corrected chi connectivity index (χ0v) is 17.8. The van der Waals surface area contributed by atoms with Gasteiger partial charge in [0, 0.05) is 23.9 Å². The number of aromatic nitrogens is 2. The zero-order valence-electron chi connectivity index (χ0n) is 16.1. The molecular formula is C22H23ClN4OS. The normalized spacial score (nSPS) is 16.2. The van der Waals surface area contributed by atoms with Crippen molar-refractivity contribution in [3.8, 4) is 11.3 Å². The summed E-state index contributed by atoms with van der Waals surface area (Å²) in [7, 11) is 0. The lowest BCUT2D eigenvalue weighted by atomic mass is 10.1. The molecule has 1 unspecified atom stereocenters. The van der Waals surface area contributed by atoms with Gasteiger partial charge in [-0.3, -0.25) is 9.20 Å². The highest BCUT2D eigenvalue weighted by Crippen LogP contribution is 2.30. The van der Waals surface area contributed by atoms with Gasteiger partial charge in [-0.25, -0.2) is 4.98 Å². The highest BCUT2D eigenvalue weighted by molar-refractivity contribution is 7.23. The first kappa shape index (κ1) is 19.9. The summed E-state index contributed by atoms with van der Waals surface area (Å²) in [6.45, 7) is 4.86. The fraction of sp³-hybridized carbons (Fsp3) is 0.273. The number of carbonyl (C=O) groups is 1. The quantitative estimate of drug-likeness (QED) is 0.512. The molecular weight excluding hydrogens is 404 g/mol. The molecule has 0 spiro atoms. The second-order valence-electron chi connectivity index (χ2n) is 7.50. The van der Waals surface area contributed by atoms with Crippen LogP contribution in [0.1, 0.15) is 22.3 Å². The minimum atomic E-state index is 0. The molecule has 0 bridgehead atoms. The van der Waals surface area contributed by atoms with Crippen LogP contribution in [-0.2, 0) is 0 Å². The van der Waals surface area contributed by atoms with E-state index in [4.69, 9.17) is 4.98 Å². The fourth-order valence-corrected chi connectivity index (χ4v) is 4.78. The number of amides is 1. The van der Waals surface area contributed by atoms with Crippen molar-refractivity contribution in [1.82, 2.24) is 20.0 Å². The molecule has 150 valence electrons. The Morgan fingerprint density at radius 1 is 1.28 bits per heavy atom. The van der Waals surface area contributed by atoms with Gasteiger partial charge in [-0.05, 0) is 50.6 Å². The van der Waals surface area contributed by atoms with Gasteiger partial charge < -0.3 is 10.6 Å². The van der Waals surface area contributed by atoms with E-state index in [-0.39, 0.29) is 18.3 Å². The molecule has 5 nitrogen and oxygen atoms in total. The molecule has 2 aromatic heterocycles. The molecule has 1 aliphatic heterocycles. The van der Waals surface area contributed by atoms with Crippen LogP contribution in [0.15, 0.2) is 48.7 Å². The number of imidazole rings is 1. The van der Waals surface area contributed by atoms with Crippen LogP contribution in [0.25, 0.3) is 26.4 Å². The number of benzene rings is 2. The molecule has 3 heterocycles. The summed E-state index contributed by atoms with van der Waals surface area (Å²) in [6, 6.07) is 14.3. The van der Waals surface area contributed by atoms with Gasteiger partial charge in [0.05, 0.1) is 15.9 Å². The van der Waals surface area contributed by atoms with Crippen LogP contribution in [0.4, 0.5) is 0 Å². The Hall–Kier alpha value is -2.41. The van der Waals surface area contributed by atoms with Crippen LogP contribution >= 0.6 is 23.7 Å². The highest BCUT2D eigenvalue weighted by Gasteiger charge is 2.17. The maximum absolute atomic E-state index is 12.5. The molecule has 7 heteroatoms. The molecule has 2 aromatic carbocycles. The van der Waals surface area contributed by atoms with Gasteiger partial charge in [-0.1, -0.05) is 41.2 Å². The van der Waals surface area contributed by atoms with Crippen LogP contribution < -0.4 is 10.6 Å². The lowest BCUT2D eigenvalue weighted by Crippen LogP contribution is -2.30. The molecule has 1 aliphatic rings. The zero-order chi connectivity index (χ0) is 19.1. The van der Waals surface area contributed by atoms with Gasteiger partial charge >= 0.3 is 0 Å². The molecule has 29 heavy (non-hydrogen) atoms. The second-order valence-corrected chi connectivity index (χ2v) is 8.51. The summed E-state index contributed by atoms with van der Waals surface area (Å²) in [6.07, 6.45) is 3.20. The average molecular weight is 427 g/mol. The van der Waals surface area contributed by atoms with Gasteiger partial charge in [0.15, 0.2) is 4.96 Å². The molecule has 1 saturated heterocycles. The van der Waals surface area contributed by atoms with E-state index in [0.29, 0.717) is 11.5 Å². The van der Waals surface area contributed by atoms with Gasteiger partial charge in [-0.15, -0.1) is 12.4 Å². The van der Waals surface area contributed by atoms with Crippen molar-refractivity contribution >= 4 is 44.8 Å². The monoisotopic (exact) mass is 426 g/mol. The molecule has 1 amide bonds. The molecule has 2 N–H and O–H groups in total. The number of nitrogens with one attached hydrogen (secondary N) is 2. The summed E-state index contributed by atoms with van der Waals surface area (Å²) in [5.41, 5.74) is 5.13. The van der Waals surface area contributed by atoms with E-state index in [0.717, 1.165) is 52.5 Å². The Bertz CT molecular complexity index is 1160. The minimum Gasteiger partial charge on any atom is -0.352 e. The molecule has 5 rings (SSSR count). The van der Waals surface area contributed by atoms with Crippen LogP contribution in [0.3, 0.4) is 0 Å². The number of nitrogens with zero attached hydrogens (tertiary/aromatic N) is 2. The summed E-state index contributed by atoms with van der Waals surface area (Å²) < 4.78 is 3.19. The van der Waals surface area contributed by atoms with E-state index < -0.39 is 0 Å². The van der Waals surface area contributed by atoms with Crippen molar-refractivity contribution in [2.24, 2.45) is 5.92 Å². The number of fused-ring (bicyclic) bond motifs is 3. The summed E-state index contributed by atoms with van der Waals surface area (Å²) >= 11 is 1.62. The first-order valence-corrected chi connectivity index (χ1v) is 10.5. The van der Waals surface area contributed by atoms with Crippen LogP contribution in [-0.4, -0.2) is 34.9 Å². The van der Waals surface area contributed by atoms with Crippen molar-refractivity contribution in [2.45, 2.75) is 13.3 Å². The first-order valence-electron chi connectivity index (χ1n) is 9.65. The maximum atomic E-state index is 12.5. The Balaban J connectivity index is 0.00000205. The number of rotatable bonds is 4. The number of halogens is 1. The van der Waals surface area contributed by atoms with Crippen molar-refractivity contribution in [3.05, 3.63) is 59.8 Å². The molecule has 1 atom stereocenters. The largest absolute Gasteiger partial charge is 0.352 e. The number of thiazole rings is 1. The van der Waals surface area contributed by atoms with Gasteiger partial charge in [0.1, 0.15) is 0 Å². The number of aryl methyl sites for hydroxylation is 1. The number of hydrogen-bond acceptors (Lipinski definition) is 4. The molecule has 0 radical (unpaired) electrons. The van der Waals surface area contributed by atoms with Crippen LogP contribution in [0.2, 0.25) is 0 Å². The Morgan fingerprint density at radius 3 is 2.86 bits per heavy atom. The SMILES string of the molecule is Cc1ccc(-c2cn3c(n2)sc2cc(C(=O)NCC4CCNC4)ccc23)cc1.Cl. The first-order chi connectivity index (χ1) is 13.7. The number of carbonyl (C=O) groups excluding carboxylic acids is 1. The average Bonchev–Trinajstić information content (AvgIpc) is 3.42. The Labute approximate surface area is 179 Å². The topological polar surface area (TPSA) is 58.4 Å². The van der Waals surface area contributed by atoms with Crippen LogP contribution in [0, 0.1) is 12.8 Å². The Morgan fingerprint density at radius 2 is 2.10 bits per heavy atom. The van der Waals surface area contributed by atoms with Crippen LogP contribution in [0.5, 0.6) is 0 Å². The summed E-state index contributed by atoms with van der Waals surface area (Å²) in [4.78, 5) is 18.2. The van der Waals surface area contributed by atoms with Crippen molar-refractivity contribution in [1.29, 1.82) is 0 Å². The predicted octanol–water partition coefficient (Wildman–Crippen LogP) is 4.29. The third-order valence-electron chi connectivity index (χ3n) is 5.42.